The van der Waals surface area contributed by atoms with Crippen molar-refractivity contribution in [1.82, 2.24) is 5.23 Å². The molecular formula is C10H10N2O5. The minimum absolute atomic E-state index is 0.0291. The molecule has 0 atom stereocenters. The summed E-state index contributed by atoms with van der Waals surface area (Å²) in [5.74, 6) is -0.0569. The van der Waals surface area contributed by atoms with E-state index < -0.39 is 4.92 Å². The Morgan fingerprint density at radius 3 is 3.00 bits per heavy atom. The van der Waals surface area contributed by atoms with Crippen molar-refractivity contribution < 1.29 is 19.4 Å². The minimum atomic E-state index is -0.548. The molecule has 1 aromatic carbocycles. The molecule has 1 aliphatic heterocycles. The van der Waals surface area contributed by atoms with Gasteiger partial charge in [-0.05, 0) is 18.2 Å². The quantitative estimate of drug-likeness (QED) is 0.583. The van der Waals surface area contributed by atoms with Crippen molar-refractivity contribution in [2.75, 3.05) is 13.2 Å². The highest BCUT2D eigenvalue weighted by molar-refractivity contribution is 6.00. The third-order valence-electron chi connectivity index (χ3n) is 2.22. The van der Waals surface area contributed by atoms with Crippen molar-refractivity contribution in [2.24, 2.45) is 0 Å². The van der Waals surface area contributed by atoms with Gasteiger partial charge < -0.3 is 4.84 Å². The molecule has 0 fully saturated rings. The van der Waals surface area contributed by atoms with Crippen LogP contribution in [0.5, 0.6) is 5.75 Å². The molecule has 0 aromatic heterocycles. The number of benzene rings is 1. The SMILES string of the molecule is CCON1CC(=O)c2ccc([N+](=O)[O-])cc2O1. The number of carbonyl (C=O) groups excluding carboxylic acids is 1. The second kappa shape index (κ2) is 4.48. The largest absolute Gasteiger partial charge is 0.379 e. The fourth-order valence-electron chi connectivity index (χ4n) is 1.49. The number of hydrogen-bond acceptors (Lipinski definition) is 6. The van der Waals surface area contributed by atoms with Gasteiger partial charge in [-0.3, -0.25) is 19.7 Å². The zero-order valence-corrected chi connectivity index (χ0v) is 9.08. The third-order valence-corrected chi connectivity index (χ3v) is 2.22. The van der Waals surface area contributed by atoms with Crippen molar-refractivity contribution in [3.05, 3.63) is 33.9 Å². The molecule has 0 saturated carbocycles. The summed E-state index contributed by atoms with van der Waals surface area (Å²) in [6.07, 6.45) is 0. The third kappa shape index (κ3) is 2.24. The van der Waals surface area contributed by atoms with Crippen LogP contribution in [-0.2, 0) is 4.84 Å². The number of nitro groups is 1. The molecule has 0 amide bonds. The Bertz CT molecular complexity index is 474. The molecule has 0 bridgehead atoms. The molecule has 0 saturated heterocycles. The summed E-state index contributed by atoms with van der Waals surface area (Å²) >= 11 is 0. The Morgan fingerprint density at radius 2 is 2.35 bits per heavy atom. The van der Waals surface area contributed by atoms with E-state index in [-0.39, 0.29) is 23.8 Å². The number of hydroxylamine groups is 2. The smallest absolute Gasteiger partial charge is 0.273 e. The van der Waals surface area contributed by atoms with E-state index in [1.165, 1.54) is 18.2 Å². The summed E-state index contributed by atoms with van der Waals surface area (Å²) in [6, 6.07) is 3.87. The molecule has 0 N–H and O–H groups in total. The van der Waals surface area contributed by atoms with Gasteiger partial charge in [-0.2, -0.15) is 0 Å². The normalized spacial score (nSPS) is 15.2. The predicted octanol–water partition coefficient (Wildman–Crippen LogP) is 1.34. The van der Waals surface area contributed by atoms with Crippen molar-refractivity contribution in [2.45, 2.75) is 6.92 Å². The molecule has 1 aromatic rings. The number of nitrogens with zero attached hydrogens (tertiary/aromatic N) is 2. The lowest BCUT2D eigenvalue weighted by molar-refractivity contribution is -0.385. The minimum Gasteiger partial charge on any atom is -0.379 e. The maximum absolute atomic E-state index is 11.7. The van der Waals surface area contributed by atoms with Crippen LogP contribution in [0.2, 0.25) is 0 Å². The monoisotopic (exact) mass is 238 g/mol. The number of carbonyl (C=O) groups is 1. The van der Waals surface area contributed by atoms with Gasteiger partial charge in [0.15, 0.2) is 11.5 Å². The zero-order chi connectivity index (χ0) is 12.4. The lowest BCUT2D eigenvalue weighted by atomic mass is 10.1. The fraction of sp³-hybridized carbons (Fsp3) is 0.300. The van der Waals surface area contributed by atoms with E-state index in [4.69, 9.17) is 9.68 Å². The van der Waals surface area contributed by atoms with Gasteiger partial charge in [0.1, 0.15) is 6.54 Å². The fourth-order valence-corrected chi connectivity index (χ4v) is 1.49. The summed E-state index contributed by atoms with van der Waals surface area (Å²) in [6.45, 7) is 2.06. The first kappa shape index (κ1) is 11.5. The van der Waals surface area contributed by atoms with E-state index in [1.54, 1.807) is 6.92 Å². The van der Waals surface area contributed by atoms with E-state index in [9.17, 15) is 14.9 Å². The Labute approximate surface area is 96.6 Å². The first-order valence-corrected chi connectivity index (χ1v) is 5.02. The molecule has 0 spiro atoms. The summed E-state index contributed by atoms with van der Waals surface area (Å²) in [7, 11) is 0. The molecule has 7 nitrogen and oxygen atoms in total. The molecule has 17 heavy (non-hydrogen) atoms. The number of fused-ring (bicyclic) bond motifs is 1. The Morgan fingerprint density at radius 1 is 1.59 bits per heavy atom. The van der Waals surface area contributed by atoms with E-state index in [2.05, 4.69) is 0 Å². The van der Waals surface area contributed by atoms with Crippen molar-refractivity contribution >= 4 is 11.5 Å². The summed E-state index contributed by atoms with van der Waals surface area (Å²) in [5.41, 5.74) is 0.196. The highest BCUT2D eigenvalue weighted by Gasteiger charge is 2.27. The number of non-ortho nitro benzene ring substituents is 1. The van der Waals surface area contributed by atoms with E-state index in [0.29, 0.717) is 12.2 Å². The topological polar surface area (TPSA) is 81.9 Å². The number of ketones is 1. The van der Waals surface area contributed by atoms with Crippen LogP contribution in [-0.4, -0.2) is 29.1 Å². The van der Waals surface area contributed by atoms with Crippen LogP contribution in [0.15, 0.2) is 18.2 Å². The van der Waals surface area contributed by atoms with Gasteiger partial charge in [0.2, 0.25) is 0 Å². The number of rotatable bonds is 3. The van der Waals surface area contributed by atoms with Crippen LogP contribution in [0.4, 0.5) is 5.69 Å². The second-order valence-corrected chi connectivity index (χ2v) is 3.36. The lowest BCUT2D eigenvalue weighted by Gasteiger charge is -2.25. The molecule has 7 heteroatoms. The standard InChI is InChI=1S/C10H10N2O5/c1-2-16-11-6-9(13)8-4-3-7(12(14)15)5-10(8)17-11/h3-5H,2,6H2,1H3. The molecule has 0 aliphatic carbocycles. The number of hydrogen-bond donors (Lipinski definition) is 0. The average molecular weight is 238 g/mol. The molecular weight excluding hydrogens is 228 g/mol. The Hall–Kier alpha value is -1.99. The number of nitro benzene ring substituents is 1. The first-order chi connectivity index (χ1) is 8.11. The van der Waals surface area contributed by atoms with Gasteiger partial charge in [-0.1, -0.05) is 0 Å². The van der Waals surface area contributed by atoms with Crippen LogP contribution >= 0.6 is 0 Å². The van der Waals surface area contributed by atoms with Crippen molar-refractivity contribution in [1.29, 1.82) is 0 Å². The van der Waals surface area contributed by atoms with Crippen molar-refractivity contribution in [3.63, 3.8) is 0 Å². The van der Waals surface area contributed by atoms with Gasteiger partial charge >= 0.3 is 0 Å². The number of Topliss-reactive ketones (excluding diaryl/α,β-unsaturated/α-hetero) is 1. The summed E-state index contributed by atoms with van der Waals surface area (Å²) in [5, 5.41) is 11.6. The van der Waals surface area contributed by atoms with Gasteiger partial charge in [-0.15, -0.1) is 0 Å². The summed E-state index contributed by atoms with van der Waals surface area (Å²) in [4.78, 5) is 32.0. The second-order valence-electron chi connectivity index (χ2n) is 3.36. The lowest BCUT2D eigenvalue weighted by Crippen LogP contribution is -2.37. The molecule has 0 unspecified atom stereocenters. The van der Waals surface area contributed by atoms with Gasteiger partial charge in [0, 0.05) is 6.07 Å². The molecule has 1 aliphatic rings. The zero-order valence-electron chi connectivity index (χ0n) is 9.08. The summed E-state index contributed by atoms with van der Waals surface area (Å²) < 4.78 is 0. The maximum Gasteiger partial charge on any atom is 0.273 e. The van der Waals surface area contributed by atoms with Crippen LogP contribution < -0.4 is 4.84 Å². The molecule has 0 radical (unpaired) electrons. The molecule has 90 valence electrons. The Kier molecular flexibility index (Phi) is 3.03. The maximum atomic E-state index is 11.7. The highest BCUT2D eigenvalue weighted by Crippen LogP contribution is 2.29. The highest BCUT2D eigenvalue weighted by atomic mass is 16.9. The van der Waals surface area contributed by atoms with Crippen molar-refractivity contribution in [3.8, 4) is 5.75 Å². The molecule has 1 heterocycles. The average Bonchev–Trinajstić information content (AvgIpc) is 2.28. The van der Waals surface area contributed by atoms with E-state index >= 15 is 0 Å². The van der Waals surface area contributed by atoms with Crippen LogP contribution in [0.25, 0.3) is 0 Å². The van der Waals surface area contributed by atoms with E-state index in [1.807, 2.05) is 0 Å². The van der Waals surface area contributed by atoms with Crippen LogP contribution in [0, 0.1) is 10.1 Å². The molecule has 2 rings (SSSR count). The van der Waals surface area contributed by atoms with Gasteiger partial charge in [0.25, 0.3) is 5.69 Å². The van der Waals surface area contributed by atoms with E-state index in [0.717, 1.165) is 5.23 Å². The van der Waals surface area contributed by atoms with Crippen LogP contribution in [0.1, 0.15) is 17.3 Å². The van der Waals surface area contributed by atoms with Gasteiger partial charge in [0.05, 0.1) is 23.2 Å². The van der Waals surface area contributed by atoms with Crippen LogP contribution in [0.3, 0.4) is 0 Å². The first-order valence-electron chi connectivity index (χ1n) is 5.02. The van der Waals surface area contributed by atoms with Gasteiger partial charge in [-0.25, -0.2) is 0 Å². The Balaban J connectivity index is 2.33. The predicted molar refractivity (Wildman–Crippen MR) is 56.4 cm³/mol.